The Labute approximate surface area is 176 Å². The molecule has 162 valence electrons. The van der Waals surface area contributed by atoms with Gasteiger partial charge in [-0.3, -0.25) is 14.7 Å². The molecule has 0 saturated carbocycles. The fourth-order valence-electron chi connectivity index (χ4n) is 3.33. The van der Waals surface area contributed by atoms with E-state index in [0.717, 1.165) is 25.3 Å². The number of aliphatic hydroxyl groups is 1. The highest BCUT2D eigenvalue weighted by Gasteiger charge is 2.19. The Hall–Kier alpha value is -2.65. The molecule has 0 atom stereocenters. The maximum Gasteiger partial charge on any atom is 0.235 e. The first-order valence-electron chi connectivity index (χ1n) is 9.93. The van der Waals surface area contributed by atoms with E-state index in [0.29, 0.717) is 6.42 Å². The van der Waals surface area contributed by atoms with Gasteiger partial charge in [-0.15, -0.1) is 0 Å². The average molecular weight is 434 g/mol. The van der Waals surface area contributed by atoms with Crippen molar-refractivity contribution in [3.63, 3.8) is 0 Å². The fraction of sp³-hybridized carbons (Fsp3) is 0.429. The van der Waals surface area contributed by atoms with Gasteiger partial charge in [-0.05, 0) is 61.8 Å². The Balaban J connectivity index is 1.44. The number of hydrogen-bond donors (Lipinski definition) is 2. The molecule has 1 aliphatic rings. The molecule has 0 bridgehead atoms. The molecule has 2 aromatic rings. The van der Waals surface area contributed by atoms with E-state index < -0.39 is 21.5 Å². The summed E-state index contributed by atoms with van der Waals surface area (Å²) in [6, 6.07) is 7.14. The molecular weight excluding hydrogens is 406 g/mol. The molecule has 8 nitrogen and oxygen atoms in total. The third-order valence-corrected chi connectivity index (χ3v) is 6.22. The van der Waals surface area contributed by atoms with E-state index in [-0.39, 0.29) is 23.8 Å². The predicted octanol–water partition coefficient (Wildman–Crippen LogP) is 1.99. The van der Waals surface area contributed by atoms with Gasteiger partial charge in [0, 0.05) is 24.9 Å². The van der Waals surface area contributed by atoms with Crippen molar-refractivity contribution in [2.45, 2.75) is 31.6 Å². The number of likely N-dealkylation sites (tertiary alicyclic amines) is 1. The zero-order chi connectivity index (χ0) is 21.4. The number of hydrogen-bond acceptors (Lipinski definition) is 7. The first-order valence-corrected chi connectivity index (χ1v) is 11.8. The Morgan fingerprint density at radius 1 is 1.30 bits per heavy atom. The van der Waals surface area contributed by atoms with Gasteiger partial charge in [0.25, 0.3) is 0 Å². The Kier molecular flexibility index (Phi) is 7.64. The molecule has 1 amide bonds. The number of carbonyl (C=O) groups excluding carboxylic acids is 1. The van der Waals surface area contributed by atoms with E-state index in [4.69, 9.17) is 4.42 Å². The van der Waals surface area contributed by atoms with Crippen LogP contribution < -0.4 is 5.32 Å². The minimum Gasteiger partial charge on any atom is -0.511 e. The van der Waals surface area contributed by atoms with Crippen LogP contribution in [-0.2, 0) is 33.4 Å². The number of aliphatic hydroxyl groups excluding tert-OH is 1. The maximum absolute atomic E-state index is 12.0. The van der Waals surface area contributed by atoms with Crippen LogP contribution in [-0.4, -0.2) is 54.7 Å². The van der Waals surface area contributed by atoms with Crippen molar-refractivity contribution in [3.8, 4) is 0 Å². The van der Waals surface area contributed by atoms with E-state index in [1.807, 2.05) is 12.1 Å². The second-order valence-corrected chi connectivity index (χ2v) is 9.49. The predicted molar refractivity (Wildman–Crippen MR) is 112 cm³/mol. The van der Waals surface area contributed by atoms with Gasteiger partial charge in [-0.2, -0.15) is 0 Å². The molecule has 1 saturated heterocycles. The van der Waals surface area contributed by atoms with Gasteiger partial charge >= 0.3 is 0 Å². The zero-order valence-corrected chi connectivity index (χ0v) is 17.6. The van der Waals surface area contributed by atoms with Gasteiger partial charge in [0.05, 0.1) is 12.8 Å². The molecule has 0 aromatic carbocycles. The third-order valence-electron chi connectivity index (χ3n) is 4.79. The van der Waals surface area contributed by atoms with E-state index in [2.05, 4.69) is 15.2 Å². The summed E-state index contributed by atoms with van der Waals surface area (Å²) in [4.78, 5) is 18.6. The van der Waals surface area contributed by atoms with Crippen molar-refractivity contribution >= 4 is 15.7 Å². The highest BCUT2D eigenvalue weighted by Crippen LogP contribution is 2.13. The van der Waals surface area contributed by atoms with Crippen LogP contribution >= 0.6 is 0 Å². The number of allylic oxidation sites excluding steroid dienone is 1. The van der Waals surface area contributed by atoms with Crippen LogP contribution in [0.2, 0.25) is 0 Å². The lowest BCUT2D eigenvalue weighted by molar-refractivity contribution is -0.118. The molecule has 0 spiro atoms. The number of sulfone groups is 1. The van der Waals surface area contributed by atoms with Gasteiger partial charge < -0.3 is 14.8 Å². The van der Waals surface area contributed by atoms with Crippen LogP contribution in [0, 0.1) is 0 Å². The van der Waals surface area contributed by atoms with Gasteiger partial charge in [-0.1, -0.05) is 0 Å². The van der Waals surface area contributed by atoms with Crippen LogP contribution in [0.5, 0.6) is 0 Å². The normalized spacial score (nSPS) is 15.4. The lowest BCUT2D eigenvalue weighted by Gasteiger charge is -2.14. The zero-order valence-electron chi connectivity index (χ0n) is 16.8. The average Bonchev–Trinajstić information content (AvgIpc) is 3.38. The summed E-state index contributed by atoms with van der Waals surface area (Å²) in [5.74, 6) is -1.44. The summed E-state index contributed by atoms with van der Waals surface area (Å²) in [5.41, 5.74) is 2.01. The number of amides is 1. The van der Waals surface area contributed by atoms with Crippen LogP contribution in [0.1, 0.15) is 29.9 Å². The van der Waals surface area contributed by atoms with Crippen LogP contribution in [0.15, 0.2) is 53.0 Å². The molecule has 1 aliphatic heterocycles. The van der Waals surface area contributed by atoms with E-state index in [1.54, 1.807) is 18.3 Å². The number of nitrogens with one attached hydrogen (secondary N) is 1. The first-order chi connectivity index (χ1) is 14.4. The lowest BCUT2D eigenvalue weighted by Crippen LogP contribution is -2.32. The molecule has 0 radical (unpaired) electrons. The summed E-state index contributed by atoms with van der Waals surface area (Å²) in [7, 11) is -3.64. The molecule has 0 aliphatic carbocycles. The minimum absolute atomic E-state index is 0.0430. The maximum atomic E-state index is 12.0. The van der Waals surface area contributed by atoms with Crippen LogP contribution in [0.3, 0.4) is 0 Å². The van der Waals surface area contributed by atoms with Crippen molar-refractivity contribution in [1.82, 2.24) is 15.2 Å². The number of pyridine rings is 1. The smallest absolute Gasteiger partial charge is 0.235 e. The molecule has 1 fully saturated rings. The second kappa shape index (κ2) is 10.4. The first kappa shape index (κ1) is 22.0. The molecular formula is C21H27N3O5S. The monoisotopic (exact) mass is 433 g/mol. The van der Waals surface area contributed by atoms with E-state index in [1.165, 1.54) is 30.7 Å². The highest BCUT2D eigenvalue weighted by atomic mass is 32.2. The molecule has 2 N–H and O–H groups in total. The standard InChI is InChI=1S/C21H27N3O5S/c25-19(13-23-21(26)16-30(27,28)15-20-4-3-11-29-20)6-5-18-12-17(7-8-22-18)14-24-9-1-2-10-24/h3-4,6-8,11-12,25H,1-2,5,9-10,13-16H2,(H,23,26). The Morgan fingerprint density at radius 3 is 2.83 bits per heavy atom. The lowest BCUT2D eigenvalue weighted by atomic mass is 10.1. The molecule has 30 heavy (non-hydrogen) atoms. The number of aromatic nitrogens is 1. The van der Waals surface area contributed by atoms with Crippen molar-refractivity contribution in [1.29, 1.82) is 0 Å². The number of furan rings is 1. The summed E-state index contributed by atoms with van der Waals surface area (Å²) in [6.45, 7) is 3.00. The van der Waals surface area contributed by atoms with Crippen molar-refractivity contribution in [2.75, 3.05) is 25.4 Å². The molecule has 9 heteroatoms. The van der Waals surface area contributed by atoms with Crippen LogP contribution in [0.4, 0.5) is 0 Å². The van der Waals surface area contributed by atoms with Gasteiger partial charge in [0.15, 0.2) is 9.84 Å². The van der Waals surface area contributed by atoms with Crippen molar-refractivity contribution in [2.24, 2.45) is 0 Å². The van der Waals surface area contributed by atoms with Crippen molar-refractivity contribution < 1.29 is 22.7 Å². The molecule has 0 unspecified atom stereocenters. The van der Waals surface area contributed by atoms with E-state index >= 15 is 0 Å². The molecule has 3 rings (SSSR count). The summed E-state index contributed by atoms with van der Waals surface area (Å²) in [5, 5.41) is 12.4. The van der Waals surface area contributed by atoms with Crippen LogP contribution in [0.25, 0.3) is 0 Å². The number of rotatable bonds is 10. The molecule has 3 heterocycles. The SMILES string of the molecule is O=C(CS(=O)(=O)Cc1ccco1)NCC(O)=CCc1cc(CN2CCCC2)ccn1. The Morgan fingerprint density at radius 2 is 2.10 bits per heavy atom. The second-order valence-electron chi connectivity index (χ2n) is 7.43. The topological polar surface area (TPSA) is 113 Å². The van der Waals surface area contributed by atoms with Gasteiger partial charge in [0.1, 0.15) is 23.0 Å². The quantitative estimate of drug-likeness (QED) is 0.551. The van der Waals surface area contributed by atoms with Gasteiger partial charge in [0.2, 0.25) is 5.91 Å². The fourth-order valence-corrected chi connectivity index (χ4v) is 4.54. The highest BCUT2D eigenvalue weighted by molar-refractivity contribution is 7.91. The summed E-state index contributed by atoms with van der Waals surface area (Å²) in [6.07, 6.45) is 7.61. The van der Waals surface area contributed by atoms with Gasteiger partial charge in [-0.25, -0.2) is 8.42 Å². The minimum atomic E-state index is -3.64. The summed E-state index contributed by atoms with van der Waals surface area (Å²) < 4.78 is 29.0. The molecule has 2 aromatic heterocycles. The Bertz CT molecular complexity index is 964. The third kappa shape index (κ3) is 7.31. The van der Waals surface area contributed by atoms with E-state index in [9.17, 15) is 18.3 Å². The largest absolute Gasteiger partial charge is 0.511 e. The number of nitrogens with zero attached hydrogens (tertiary/aromatic N) is 2. The van der Waals surface area contributed by atoms with Crippen molar-refractivity contribution in [3.05, 3.63) is 65.6 Å². The summed E-state index contributed by atoms with van der Waals surface area (Å²) >= 11 is 0. The number of carbonyl (C=O) groups is 1.